The summed E-state index contributed by atoms with van der Waals surface area (Å²) in [6.07, 6.45) is 4.40. The van der Waals surface area contributed by atoms with Crippen LogP contribution in [0, 0.1) is 12.8 Å². The van der Waals surface area contributed by atoms with Gasteiger partial charge in [-0.15, -0.1) is 5.10 Å². The topological polar surface area (TPSA) is 63.4 Å². The molecule has 106 valence electrons. The predicted octanol–water partition coefficient (Wildman–Crippen LogP) is 0.0582. The van der Waals surface area contributed by atoms with Crippen LogP contribution in [0.1, 0.15) is 18.5 Å². The molecule has 0 radical (unpaired) electrons. The van der Waals surface area contributed by atoms with Gasteiger partial charge in [-0.25, -0.2) is 4.68 Å². The summed E-state index contributed by atoms with van der Waals surface area (Å²) < 4.78 is 7.97. The minimum absolute atomic E-state index is 0.232. The molecule has 6 heteroatoms. The quantitative estimate of drug-likeness (QED) is 0.835. The minimum atomic E-state index is 0.232. The largest absolute Gasteiger partial charge is 0.395 e. The highest BCUT2D eigenvalue weighted by molar-refractivity contribution is 4.96. The number of rotatable bonds is 4. The third-order valence-electron chi connectivity index (χ3n) is 4.44. The molecule has 2 fully saturated rings. The van der Waals surface area contributed by atoms with E-state index in [1.807, 2.05) is 11.6 Å². The van der Waals surface area contributed by atoms with E-state index in [4.69, 9.17) is 9.84 Å². The van der Waals surface area contributed by atoms with Gasteiger partial charge in [0.2, 0.25) is 0 Å². The first-order valence-corrected chi connectivity index (χ1v) is 7.11. The summed E-state index contributed by atoms with van der Waals surface area (Å²) in [6, 6.07) is 0.467. The van der Waals surface area contributed by atoms with Crippen molar-refractivity contribution in [1.29, 1.82) is 0 Å². The van der Waals surface area contributed by atoms with Gasteiger partial charge in [0.25, 0.3) is 0 Å². The second-order valence-corrected chi connectivity index (χ2v) is 5.56. The molecule has 1 aliphatic carbocycles. The number of aliphatic hydroxyl groups excluding tert-OH is 1. The maximum Gasteiger partial charge on any atom is 0.0776 e. The van der Waals surface area contributed by atoms with E-state index in [0.29, 0.717) is 12.0 Å². The van der Waals surface area contributed by atoms with Crippen LogP contribution in [-0.2, 0) is 11.3 Å². The van der Waals surface area contributed by atoms with Crippen LogP contribution >= 0.6 is 0 Å². The van der Waals surface area contributed by atoms with Gasteiger partial charge in [-0.2, -0.15) is 0 Å². The Bertz CT molecular complexity index is 421. The molecule has 3 rings (SSSR count). The van der Waals surface area contributed by atoms with Gasteiger partial charge < -0.3 is 9.84 Å². The zero-order valence-electron chi connectivity index (χ0n) is 11.4. The van der Waals surface area contributed by atoms with E-state index in [1.165, 1.54) is 0 Å². The van der Waals surface area contributed by atoms with Crippen LogP contribution in [-0.4, -0.2) is 63.4 Å². The summed E-state index contributed by atoms with van der Waals surface area (Å²) in [6.45, 7) is 5.63. The van der Waals surface area contributed by atoms with Crippen molar-refractivity contribution in [2.75, 3.05) is 26.3 Å². The summed E-state index contributed by atoms with van der Waals surface area (Å²) >= 11 is 0. The average molecular weight is 266 g/mol. The van der Waals surface area contributed by atoms with Gasteiger partial charge in [-0.1, -0.05) is 5.21 Å². The van der Waals surface area contributed by atoms with E-state index in [0.717, 1.165) is 44.8 Å². The predicted molar refractivity (Wildman–Crippen MR) is 69.7 cm³/mol. The molecule has 1 N–H and O–H groups in total. The van der Waals surface area contributed by atoms with Gasteiger partial charge in [-0.3, -0.25) is 4.90 Å². The third kappa shape index (κ3) is 2.52. The Labute approximate surface area is 113 Å². The molecule has 3 atom stereocenters. The SMILES string of the molecule is Cc1cnnn1C[C@@H]1CC[C@@H]2[C@@H]1OCCN2CCO. The molecule has 0 unspecified atom stereocenters. The molecule has 0 bridgehead atoms. The van der Waals surface area contributed by atoms with Crippen LogP contribution in [0.4, 0.5) is 0 Å². The van der Waals surface area contributed by atoms with E-state index >= 15 is 0 Å². The average Bonchev–Trinajstić information content (AvgIpc) is 2.99. The summed E-state index contributed by atoms with van der Waals surface area (Å²) in [7, 11) is 0. The Morgan fingerprint density at radius 2 is 2.37 bits per heavy atom. The summed E-state index contributed by atoms with van der Waals surface area (Å²) in [5.74, 6) is 0.506. The van der Waals surface area contributed by atoms with E-state index < -0.39 is 0 Å². The lowest BCUT2D eigenvalue weighted by Gasteiger charge is -2.39. The number of aliphatic hydroxyl groups is 1. The van der Waals surface area contributed by atoms with Crippen molar-refractivity contribution < 1.29 is 9.84 Å². The van der Waals surface area contributed by atoms with Crippen molar-refractivity contribution in [2.45, 2.75) is 38.5 Å². The molecule has 1 aromatic rings. The zero-order valence-corrected chi connectivity index (χ0v) is 11.4. The van der Waals surface area contributed by atoms with Crippen molar-refractivity contribution >= 4 is 0 Å². The molecular formula is C13H22N4O2. The molecule has 1 aromatic heterocycles. The monoisotopic (exact) mass is 266 g/mol. The summed E-state index contributed by atoms with van der Waals surface area (Å²) in [4.78, 5) is 2.38. The molecule has 6 nitrogen and oxygen atoms in total. The number of β-amino-alcohol motifs (C(OH)–C–C–N with tert-alkyl or cyclic N) is 1. The number of hydrogen-bond acceptors (Lipinski definition) is 5. The van der Waals surface area contributed by atoms with Gasteiger partial charge in [0.1, 0.15) is 0 Å². The molecule has 1 saturated heterocycles. The van der Waals surface area contributed by atoms with E-state index in [1.54, 1.807) is 6.20 Å². The van der Waals surface area contributed by atoms with Crippen LogP contribution < -0.4 is 0 Å². The lowest BCUT2D eigenvalue weighted by atomic mass is 10.0. The van der Waals surface area contributed by atoms with Gasteiger partial charge in [0.05, 0.1) is 31.2 Å². The highest BCUT2D eigenvalue weighted by Crippen LogP contribution is 2.35. The van der Waals surface area contributed by atoms with Crippen LogP contribution in [0.2, 0.25) is 0 Å². The molecule has 2 aliphatic rings. The van der Waals surface area contributed by atoms with Crippen LogP contribution in [0.5, 0.6) is 0 Å². The lowest BCUT2D eigenvalue weighted by molar-refractivity contribution is -0.0790. The van der Waals surface area contributed by atoms with Gasteiger partial charge in [0, 0.05) is 31.6 Å². The smallest absolute Gasteiger partial charge is 0.0776 e. The normalized spacial score (nSPS) is 31.6. The molecule has 1 saturated carbocycles. The summed E-state index contributed by atoms with van der Waals surface area (Å²) in [5, 5.41) is 17.2. The Kier molecular flexibility index (Phi) is 3.81. The van der Waals surface area contributed by atoms with E-state index in [-0.39, 0.29) is 12.7 Å². The van der Waals surface area contributed by atoms with E-state index in [2.05, 4.69) is 15.2 Å². The molecule has 0 aromatic carbocycles. The molecule has 1 aliphatic heterocycles. The number of nitrogens with zero attached hydrogens (tertiary/aromatic N) is 4. The number of aromatic nitrogens is 3. The Hall–Kier alpha value is -0.980. The fraction of sp³-hybridized carbons (Fsp3) is 0.846. The first kappa shape index (κ1) is 13.0. The maximum atomic E-state index is 9.14. The first-order chi connectivity index (χ1) is 9.29. The number of hydrogen-bond donors (Lipinski definition) is 1. The van der Waals surface area contributed by atoms with Gasteiger partial charge >= 0.3 is 0 Å². The van der Waals surface area contributed by atoms with Gasteiger partial charge in [0.15, 0.2) is 0 Å². The number of fused-ring (bicyclic) bond motifs is 1. The summed E-state index contributed by atoms with van der Waals surface area (Å²) in [5.41, 5.74) is 1.10. The standard InChI is InChI=1S/C13H22N4O2/c1-10-8-14-15-17(10)9-11-2-3-12-13(11)19-7-5-16(12)4-6-18/h8,11-13,18H,2-7,9H2,1H3/t11-,12+,13+/m0/s1. The minimum Gasteiger partial charge on any atom is -0.395 e. The fourth-order valence-electron chi connectivity index (χ4n) is 3.45. The van der Waals surface area contributed by atoms with Crippen molar-refractivity contribution in [3.63, 3.8) is 0 Å². The second-order valence-electron chi connectivity index (χ2n) is 5.56. The maximum absolute atomic E-state index is 9.14. The Morgan fingerprint density at radius 1 is 1.47 bits per heavy atom. The van der Waals surface area contributed by atoms with Crippen LogP contribution in [0.15, 0.2) is 6.20 Å². The van der Waals surface area contributed by atoms with Crippen LogP contribution in [0.25, 0.3) is 0 Å². The zero-order chi connectivity index (χ0) is 13.2. The first-order valence-electron chi connectivity index (χ1n) is 7.11. The second kappa shape index (κ2) is 5.56. The van der Waals surface area contributed by atoms with Crippen molar-refractivity contribution in [1.82, 2.24) is 19.9 Å². The molecule has 0 amide bonds. The Balaban J connectivity index is 1.67. The highest BCUT2D eigenvalue weighted by atomic mass is 16.5. The van der Waals surface area contributed by atoms with E-state index in [9.17, 15) is 0 Å². The number of morpholine rings is 1. The molecule has 19 heavy (non-hydrogen) atoms. The Morgan fingerprint density at radius 3 is 3.11 bits per heavy atom. The highest BCUT2D eigenvalue weighted by Gasteiger charge is 2.42. The fourth-order valence-corrected chi connectivity index (χ4v) is 3.45. The van der Waals surface area contributed by atoms with Crippen molar-refractivity contribution in [2.24, 2.45) is 5.92 Å². The van der Waals surface area contributed by atoms with Crippen molar-refractivity contribution in [3.05, 3.63) is 11.9 Å². The van der Waals surface area contributed by atoms with Crippen LogP contribution in [0.3, 0.4) is 0 Å². The van der Waals surface area contributed by atoms with Crippen molar-refractivity contribution in [3.8, 4) is 0 Å². The van der Waals surface area contributed by atoms with Gasteiger partial charge in [-0.05, 0) is 19.8 Å². The third-order valence-corrected chi connectivity index (χ3v) is 4.44. The number of aryl methyl sites for hydroxylation is 1. The number of ether oxygens (including phenoxy) is 1. The lowest BCUT2D eigenvalue weighted by Crippen LogP contribution is -2.51. The molecule has 0 spiro atoms. The molecule has 2 heterocycles. The molecular weight excluding hydrogens is 244 g/mol.